The third-order valence-electron chi connectivity index (χ3n) is 2.22. The Morgan fingerprint density at radius 3 is 3.13 bits per heavy atom. The van der Waals surface area contributed by atoms with Gasteiger partial charge in [-0.05, 0) is 28.8 Å². The molecule has 4 nitrogen and oxygen atoms in total. The summed E-state index contributed by atoms with van der Waals surface area (Å²) in [7, 11) is 0. The van der Waals surface area contributed by atoms with E-state index < -0.39 is 6.10 Å². The highest BCUT2D eigenvalue weighted by Gasteiger charge is 2.15. The van der Waals surface area contributed by atoms with Gasteiger partial charge in [0, 0.05) is 6.54 Å². The van der Waals surface area contributed by atoms with E-state index in [1.54, 1.807) is 22.2 Å². The van der Waals surface area contributed by atoms with Crippen LogP contribution in [-0.4, -0.2) is 20.1 Å². The predicted molar refractivity (Wildman–Crippen MR) is 58.7 cm³/mol. The van der Waals surface area contributed by atoms with Crippen LogP contribution in [0.2, 0.25) is 0 Å². The van der Waals surface area contributed by atoms with Gasteiger partial charge in [-0.2, -0.15) is 11.3 Å². The third kappa shape index (κ3) is 2.08. The van der Waals surface area contributed by atoms with Gasteiger partial charge in [-0.25, -0.2) is 4.68 Å². The molecular formula is C10H13N3OS. The van der Waals surface area contributed by atoms with E-state index in [4.69, 9.17) is 0 Å². The van der Waals surface area contributed by atoms with Crippen molar-refractivity contribution in [2.45, 2.75) is 26.0 Å². The van der Waals surface area contributed by atoms with E-state index in [9.17, 15) is 5.11 Å². The van der Waals surface area contributed by atoms with Gasteiger partial charge in [0.05, 0.1) is 11.9 Å². The first kappa shape index (κ1) is 10.3. The van der Waals surface area contributed by atoms with E-state index in [1.165, 1.54) is 0 Å². The van der Waals surface area contributed by atoms with E-state index in [1.807, 2.05) is 16.8 Å². The zero-order chi connectivity index (χ0) is 10.7. The highest BCUT2D eigenvalue weighted by atomic mass is 32.1. The fraction of sp³-hybridized carbons (Fsp3) is 0.400. The molecule has 0 radical (unpaired) electrons. The molecule has 1 atom stereocenters. The topological polar surface area (TPSA) is 50.9 Å². The van der Waals surface area contributed by atoms with Crippen LogP contribution >= 0.6 is 11.3 Å². The van der Waals surface area contributed by atoms with Crippen LogP contribution in [0.15, 0.2) is 23.0 Å². The van der Waals surface area contributed by atoms with Crippen LogP contribution in [0, 0.1) is 0 Å². The molecular weight excluding hydrogens is 210 g/mol. The molecule has 0 aliphatic heterocycles. The maximum atomic E-state index is 10.1. The summed E-state index contributed by atoms with van der Waals surface area (Å²) in [5, 5.41) is 21.7. The van der Waals surface area contributed by atoms with Crippen molar-refractivity contribution in [1.82, 2.24) is 15.0 Å². The van der Waals surface area contributed by atoms with Crippen LogP contribution in [0.1, 0.15) is 30.7 Å². The number of aryl methyl sites for hydroxylation is 1. The summed E-state index contributed by atoms with van der Waals surface area (Å²) in [5.74, 6) is 0. The number of hydrogen-bond acceptors (Lipinski definition) is 4. The Morgan fingerprint density at radius 2 is 2.47 bits per heavy atom. The summed E-state index contributed by atoms with van der Waals surface area (Å²) >= 11 is 1.57. The van der Waals surface area contributed by atoms with Gasteiger partial charge in [-0.3, -0.25) is 0 Å². The van der Waals surface area contributed by atoms with Crippen molar-refractivity contribution < 1.29 is 5.11 Å². The van der Waals surface area contributed by atoms with E-state index >= 15 is 0 Å². The van der Waals surface area contributed by atoms with Crippen LogP contribution in [0.25, 0.3) is 0 Å². The zero-order valence-corrected chi connectivity index (χ0v) is 9.31. The lowest BCUT2D eigenvalue weighted by Gasteiger charge is -2.10. The Bertz CT molecular complexity index is 410. The maximum Gasteiger partial charge on any atom is 0.123 e. The van der Waals surface area contributed by atoms with Crippen molar-refractivity contribution in [3.8, 4) is 0 Å². The van der Waals surface area contributed by atoms with E-state index in [0.29, 0.717) is 0 Å². The SMILES string of the molecule is CCCn1nncc1C(O)c1ccsc1. The first-order chi connectivity index (χ1) is 7.33. The molecule has 2 aromatic heterocycles. The Hall–Kier alpha value is -1.20. The first-order valence-corrected chi connectivity index (χ1v) is 5.85. The summed E-state index contributed by atoms with van der Waals surface area (Å²) in [4.78, 5) is 0. The molecule has 0 spiro atoms. The standard InChI is InChI=1S/C10H13N3OS/c1-2-4-13-9(6-11-12-13)10(14)8-3-5-15-7-8/h3,5-7,10,14H,2,4H2,1H3. The lowest BCUT2D eigenvalue weighted by atomic mass is 10.1. The van der Waals surface area contributed by atoms with Gasteiger partial charge in [0.2, 0.25) is 0 Å². The lowest BCUT2D eigenvalue weighted by molar-refractivity contribution is 0.208. The van der Waals surface area contributed by atoms with Crippen molar-refractivity contribution in [1.29, 1.82) is 0 Å². The fourth-order valence-corrected chi connectivity index (χ4v) is 2.14. The molecule has 80 valence electrons. The van der Waals surface area contributed by atoms with Crippen molar-refractivity contribution in [3.63, 3.8) is 0 Å². The summed E-state index contributed by atoms with van der Waals surface area (Å²) in [6.45, 7) is 2.86. The molecule has 2 heterocycles. The van der Waals surface area contributed by atoms with Crippen LogP contribution in [0.4, 0.5) is 0 Å². The number of rotatable bonds is 4. The highest BCUT2D eigenvalue weighted by molar-refractivity contribution is 7.07. The van der Waals surface area contributed by atoms with Crippen molar-refractivity contribution >= 4 is 11.3 Å². The molecule has 1 N–H and O–H groups in total. The Labute approximate surface area is 92.2 Å². The minimum Gasteiger partial charge on any atom is -0.382 e. The molecule has 0 aromatic carbocycles. The molecule has 0 aliphatic rings. The number of aliphatic hydroxyl groups is 1. The molecule has 0 amide bonds. The van der Waals surface area contributed by atoms with Crippen molar-refractivity contribution in [3.05, 3.63) is 34.3 Å². The second kappa shape index (κ2) is 4.55. The maximum absolute atomic E-state index is 10.1. The summed E-state index contributed by atoms with van der Waals surface area (Å²) in [6, 6.07) is 1.92. The quantitative estimate of drug-likeness (QED) is 0.860. The molecule has 0 aliphatic carbocycles. The van der Waals surface area contributed by atoms with Crippen molar-refractivity contribution in [2.75, 3.05) is 0 Å². The van der Waals surface area contributed by atoms with Crippen LogP contribution in [-0.2, 0) is 6.54 Å². The predicted octanol–water partition coefficient (Wildman–Crippen LogP) is 1.83. The Morgan fingerprint density at radius 1 is 1.60 bits per heavy atom. The first-order valence-electron chi connectivity index (χ1n) is 4.91. The van der Waals surface area contributed by atoms with E-state index in [0.717, 1.165) is 24.2 Å². The Kier molecular flexibility index (Phi) is 3.13. The number of nitrogens with zero attached hydrogens (tertiary/aromatic N) is 3. The number of thiophene rings is 1. The van der Waals surface area contributed by atoms with Crippen molar-refractivity contribution in [2.24, 2.45) is 0 Å². The van der Waals surface area contributed by atoms with Crippen LogP contribution in [0.5, 0.6) is 0 Å². The third-order valence-corrected chi connectivity index (χ3v) is 2.92. The zero-order valence-electron chi connectivity index (χ0n) is 8.50. The smallest absolute Gasteiger partial charge is 0.123 e. The highest BCUT2D eigenvalue weighted by Crippen LogP contribution is 2.22. The van der Waals surface area contributed by atoms with Crippen LogP contribution in [0.3, 0.4) is 0 Å². The normalized spacial score (nSPS) is 12.9. The second-order valence-electron chi connectivity index (χ2n) is 3.34. The molecule has 15 heavy (non-hydrogen) atoms. The lowest BCUT2D eigenvalue weighted by Crippen LogP contribution is -2.09. The second-order valence-corrected chi connectivity index (χ2v) is 4.12. The molecule has 0 saturated carbocycles. The molecule has 5 heteroatoms. The van der Waals surface area contributed by atoms with Gasteiger partial charge in [-0.15, -0.1) is 5.10 Å². The van der Waals surface area contributed by atoms with Gasteiger partial charge in [0.15, 0.2) is 0 Å². The van der Waals surface area contributed by atoms with Gasteiger partial charge in [0.25, 0.3) is 0 Å². The van der Waals surface area contributed by atoms with E-state index in [-0.39, 0.29) is 0 Å². The summed E-state index contributed by atoms with van der Waals surface area (Å²) < 4.78 is 1.75. The summed E-state index contributed by atoms with van der Waals surface area (Å²) in [5.41, 5.74) is 1.66. The minimum atomic E-state index is -0.613. The molecule has 0 saturated heterocycles. The molecule has 0 fully saturated rings. The van der Waals surface area contributed by atoms with Gasteiger partial charge < -0.3 is 5.11 Å². The Balaban J connectivity index is 2.25. The van der Waals surface area contributed by atoms with Gasteiger partial charge in [0.1, 0.15) is 6.10 Å². The molecule has 2 rings (SSSR count). The van der Waals surface area contributed by atoms with Gasteiger partial charge >= 0.3 is 0 Å². The molecule has 2 aromatic rings. The number of aromatic nitrogens is 3. The largest absolute Gasteiger partial charge is 0.382 e. The fourth-order valence-electron chi connectivity index (χ4n) is 1.46. The average molecular weight is 223 g/mol. The average Bonchev–Trinajstić information content (AvgIpc) is 2.87. The summed E-state index contributed by atoms with van der Waals surface area (Å²) in [6.07, 6.45) is 1.99. The molecule has 1 unspecified atom stereocenters. The monoisotopic (exact) mass is 223 g/mol. The molecule has 0 bridgehead atoms. The minimum absolute atomic E-state index is 0.613. The van der Waals surface area contributed by atoms with Crippen LogP contribution < -0.4 is 0 Å². The number of hydrogen-bond donors (Lipinski definition) is 1. The number of aliphatic hydroxyl groups excluding tert-OH is 1. The van der Waals surface area contributed by atoms with E-state index in [2.05, 4.69) is 17.2 Å². The van der Waals surface area contributed by atoms with Gasteiger partial charge in [-0.1, -0.05) is 12.1 Å².